The van der Waals surface area contributed by atoms with Gasteiger partial charge in [0, 0.05) is 19.3 Å². The summed E-state index contributed by atoms with van der Waals surface area (Å²) in [6.07, 6.45) is 2.56. The third-order valence-corrected chi connectivity index (χ3v) is 6.87. The molecule has 1 saturated heterocycles. The van der Waals surface area contributed by atoms with E-state index in [1.54, 1.807) is 0 Å². The number of anilines is 1. The molecular weight excluding hydrogens is 427 g/mol. The van der Waals surface area contributed by atoms with Gasteiger partial charge in [-0.2, -0.15) is 0 Å². The smallest absolute Gasteiger partial charge is 0.300 e. The van der Waals surface area contributed by atoms with Crippen molar-refractivity contribution in [3.63, 3.8) is 0 Å². The molecule has 0 spiro atoms. The molecule has 2 aromatic heterocycles. The maximum absolute atomic E-state index is 13.0. The van der Waals surface area contributed by atoms with Crippen molar-refractivity contribution in [2.75, 3.05) is 16.6 Å². The fourth-order valence-corrected chi connectivity index (χ4v) is 5.00. The van der Waals surface area contributed by atoms with Crippen molar-refractivity contribution in [3.05, 3.63) is 70.0 Å². The van der Waals surface area contributed by atoms with Crippen LogP contribution in [0.5, 0.6) is 5.75 Å². The van der Waals surface area contributed by atoms with Gasteiger partial charge in [0.1, 0.15) is 11.5 Å². The monoisotopic (exact) mass is 446 g/mol. The van der Waals surface area contributed by atoms with E-state index in [1.807, 2.05) is 0 Å². The zero-order valence-electron chi connectivity index (χ0n) is 16.3. The lowest BCUT2D eigenvalue weighted by Crippen LogP contribution is -2.38. The Hall–Kier alpha value is -3.47. The minimum Gasteiger partial charge on any atom is -0.501 e. The van der Waals surface area contributed by atoms with Gasteiger partial charge in [-0.1, -0.05) is 12.1 Å². The highest BCUT2D eigenvalue weighted by atomic mass is 32.2. The zero-order valence-corrected chi connectivity index (χ0v) is 17.1. The lowest BCUT2D eigenvalue weighted by Gasteiger charge is -2.28. The van der Waals surface area contributed by atoms with Crippen LogP contribution >= 0.6 is 0 Å². The van der Waals surface area contributed by atoms with Crippen LogP contribution in [0.1, 0.15) is 28.9 Å². The first-order valence-electron chi connectivity index (χ1n) is 9.55. The van der Waals surface area contributed by atoms with Crippen molar-refractivity contribution in [3.8, 4) is 5.75 Å². The molecule has 2 N–H and O–H groups in total. The number of nitrogens with zero attached hydrogens (tertiary/aromatic N) is 3. The summed E-state index contributed by atoms with van der Waals surface area (Å²) in [4.78, 5) is 29.2. The zero-order chi connectivity index (χ0) is 22.2. The molecule has 4 rings (SSSR count). The van der Waals surface area contributed by atoms with Gasteiger partial charge in [-0.15, -0.1) is 0 Å². The number of halogens is 1. The van der Waals surface area contributed by atoms with Crippen molar-refractivity contribution < 1.29 is 22.7 Å². The van der Waals surface area contributed by atoms with Crippen molar-refractivity contribution in [1.82, 2.24) is 14.7 Å². The number of hydrogen-bond acceptors (Lipinski definition) is 6. The topological polar surface area (TPSA) is 121 Å². The molecule has 0 aliphatic carbocycles. The second-order valence-electron chi connectivity index (χ2n) is 7.13. The molecule has 0 unspecified atom stereocenters. The highest BCUT2D eigenvalue weighted by Crippen LogP contribution is 2.24. The van der Waals surface area contributed by atoms with Gasteiger partial charge >= 0.3 is 5.56 Å². The van der Waals surface area contributed by atoms with E-state index in [0.717, 1.165) is 4.40 Å². The molecule has 1 aliphatic rings. The molecule has 1 aliphatic heterocycles. The molecular formula is C20H19FN4O5S. The van der Waals surface area contributed by atoms with Crippen LogP contribution in [0.3, 0.4) is 0 Å². The number of carbonyl (C=O) groups excluding carboxylic acids is 1. The SMILES string of the molecule is O=C(NCc1ccc(F)cc1)c1nc2ccc(N3CCCCS3(=O)=O)cn2c(=O)c1O. The van der Waals surface area contributed by atoms with Crippen LogP contribution < -0.4 is 15.2 Å². The van der Waals surface area contributed by atoms with Gasteiger partial charge in [-0.25, -0.2) is 17.8 Å². The molecule has 31 heavy (non-hydrogen) atoms. The maximum Gasteiger partial charge on any atom is 0.300 e. The number of rotatable bonds is 4. The molecule has 1 aromatic carbocycles. The molecule has 11 heteroatoms. The molecule has 3 aromatic rings. The number of benzene rings is 1. The average Bonchev–Trinajstić information content (AvgIpc) is 2.75. The van der Waals surface area contributed by atoms with Crippen LogP contribution in [0.2, 0.25) is 0 Å². The Kier molecular flexibility index (Phi) is 5.36. The summed E-state index contributed by atoms with van der Waals surface area (Å²) in [6, 6.07) is 8.40. The van der Waals surface area contributed by atoms with Crippen LogP contribution in [0, 0.1) is 5.82 Å². The van der Waals surface area contributed by atoms with E-state index in [2.05, 4.69) is 10.3 Å². The molecule has 0 saturated carbocycles. The van der Waals surface area contributed by atoms with E-state index >= 15 is 0 Å². The van der Waals surface area contributed by atoms with E-state index in [1.165, 1.54) is 46.9 Å². The second kappa shape index (κ2) is 7.99. The Morgan fingerprint density at radius 3 is 2.61 bits per heavy atom. The Morgan fingerprint density at radius 2 is 1.90 bits per heavy atom. The Morgan fingerprint density at radius 1 is 1.16 bits per heavy atom. The van der Waals surface area contributed by atoms with Crippen LogP contribution in [0.15, 0.2) is 47.4 Å². The maximum atomic E-state index is 13.0. The predicted molar refractivity (Wildman–Crippen MR) is 111 cm³/mol. The van der Waals surface area contributed by atoms with Gasteiger partial charge in [0.15, 0.2) is 5.69 Å². The van der Waals surface area contributed by atoms with E-state index in [4.69, 9.17) is 0 Å². The van der Waals surface area contributed by atoms with Crippen molar-refractivity contribution in [2.24, 2.45) is 0 Å². The number of pyridine rings is 1. The Bertz CT molecular complexity index is 1320. The highest BCUT2D eigenvalue weighted by molar-refractivity contribution is 7.92. The lowest BCUT2D eigenvalue weighted by atomic mass is 10.2. The van der Waals surface area contributed by atoms with Crippen molar-refractivity contribution >= 4 is 27.3 Å². The number of aromatic nitrogens is 2. The molecule has 0 radical (unpaired) electrons. The normalized spacial score (nSPS) is 15.7. The fourth-order valence-electron chi connectivity index (χ4n) is 3.37. The highest BCUT2D eigenvalue weighted by Gasteiger charge is 2.27. The molecule has 1 amide bonds. The standard InChI is InChI=1S/C20H19FN4O5S/c21-14-5-3-13(4-6-14)11-22-19(27)17-18(26)20(28)24-12-15(7-8-16(24)23-17)25-9-1-2-10-31(25,29)30/h3-8,12,26H,1-2,9-11H2,(H,22,27). The quantitative estimate of drug-likeness (QED) is 0.625. The first-order valence-corrected chi connectivity index (χ1v) is 11.2. The molecule has 1 fully saturated rings. The summed E-state index contributed by atoms with van der Waals surface area (Å²) in [5, 5.41) is 12.8. The molecule has 9 nitrogen and oxygen atoms in total. The predicted octanol–water partition coefficient (Wildman–Crippen LogP) is 1.40. The van der Waals surface area contributed by atoms with Gasteiger partial charge < -0.3 is 10.4 Å². The second-order valence-corrected chi connectivity index (χ2v) is 9.15. The largest absolute Gasteiger partial charge is 0.501 e. The van der Waals surface area contributed by atoms with Crippen LogP contribution in [-0.2, 0) is 16.6 Å². The van der Waals surface area contributed by atoms with E-state index < -0.39 is 38.8 Å². The number of fused-ring (bicyclic) bond motifs is 1. The average molecular weight is 446 g/mol. The molecule has 0 atom stereocenters. The third kappa shape index (κ3) is 4.08. The minimum atomic E-state index is -3.48. The van der Waals surface area contributed by atoms with Gasteiger partial charge in [0.05, 0.1) is 11.4 Å². The van der Waals surface area contributed by atoms with Crippen LogP contribution in [-0.4, -0.2) is 41.1 Å². The molecule has 0 bridgehead atoms. The summed E-state index contributed by atoms with van der Waals surface area (Å²) in [6.45, 7) is 0.344. The van der Waals surface area contributed by atoms with Crippen LogP contribution in [0.25, 0.3) is 5.65 Å². The van der Waals surface area contributed by atoms with Crippen LogP contribution in [0.4, 0.5) is 10.1 Å². The summed E-state index contributed by atoms with van der Waals surface area (Å²) >= 11 is 0. The molecule has 162 valence electrons. The molecule has 3 heterocycles. The first kappa shape index (κ1) is 20.8. The number of sulfonamides is 1. The number of carbonyl (C=O) groups is 1. The minimum absolute atomic E-state index is 0.0244. The van der Waals surface area contributed by atoms with E-state index in [-0.39, 0.29) is 23.6 Å². The number of amides is 1. The number of nitrogens with one attached hydrogen (secondary N) is 1. The van der Waals surface area contributed by atoms with E-state index in [0.29, 0.717) is 24.9 Å². The fraction of sp³-hybridized carbons (Fsp3) is 0.250. The Balaban J connectivity index is 1.64. The van der Waals surface area contributed by atoms with Gasteiger partial charge in [-0.05, 0) is 42.7 Å². The Labute approximate surface area is 176 Å². The number of hydrogen-bond donors (Lipinski definition) is 2. The van der Waals surface area contributed by atoms with Gasteiger partial charge in [0.25, 0.3) is 5.91 Å². The lowest BCUT2D eigenvalue weighted by molar-refractivity contribution is 0.0942. The summed E-state index contributed by atoms with van der Waals surface area (Å²) < 4.78 is 39.9. The summed E-state index contributed by atoms with van der Waals surface area (Å²) in [5.41, 5.74) is -0.366. The van der Waals surface area contributed by atoms with Crippen molar-refractivity contribution in [1.29, 1.82) is 0 Å². The van der Waals surface area contributed by atoms with Crippen molar-refractivity contribution in [2.45, 2.75) is 19.4 Å². The van der Waals surface area contributed by atoms with Gasteiger partial charge in [-0.3, -0.25) is 18.3 Å². The first-order chi connectivity index (χ1) is 14.8. The third-order valence-electron chi connectivity index (χ3n) is 5.00. The summed E-state index contributed by atoms with van der Waals surface area (Å²) in [7, 11) is -3.48. The van der Waals surface area contributed by atoms with Gasteiger partial charge in [0.2, 0.25) is 15.8 Å². The summed E-state index contributed by atoms with van der Waals surface area (Å²) in [5.74, 6) is -2.01. The van der Waals surface area contributed by atoms with E-state index in [9.17, 15) is 27.5 Å². The number of aromatic hydroxyl groups is 1.